The van der Waals surface area contributed by atoms with E-state index in [-0.39, 0.29) is 49.4 Å². The van der Waals surface area contributed by atoms with Gasteiger partial charge < -0.3 is 20.5 Å². The molecule has 0 aliphatic carbocycles. The minimum Gasteiger partial charge on any atom is -0.463 e. The van der Waals surface area contributed by atoms with Crippen molar-refractivity contribution in [2.75, 3.05) is 13.2 Å². The molecule has 35 heavy (non-hydrogen) atoms. The van der Waals surface area contributed by atoms with Crippen LogP contribution >= 0.6 is 0 Å². The van der Waals surface area contributed by atoms with Gasteiger partial charge in [-0.15, -0.1) is 0 Å². The van der Waals surface area contributed by atoms with Crippen LogP contribution in [0.15, 0.2) is 72.8 Å². The maximum atomic E-state index is 13.2. The van der Waals surface area contributed by atoms with E-state index in [2.05, 4.69) is 10.6 Å². The van der Waals surface area contributed by atoms with Crippen LogP contribution < -0.4 is 10.6 Å². The summed E-state index contributed by atoms with van der Waals surface area (Å²) in [6.07, 6.45) is 5.14. The van der Waals surface area contributed by atoms with Crippen molar-refractivity contribution in [1.82, 2.24) is 10.6 Å². The fourth-order valence-corrected chi connectivity index (χ4v) is 4.05. The highest BCUT2D eigenvalue weighted by Crippen LogP contribution is 2.21. The first-order valence-corrected chi connectivity index (χ1v) is 12.1. The third-order valence-electron chi connectivity index (χ3n) is 6.06. The van der Waals surface area contributed by atoms with E-state index in [9.17, 15) is 19.5 Å². The van der Waals surface area contributed by atoms with Crippen molar-refractivity contribution in [3.8, 4) is 0 Å². The fourth-order valence-electron chi connectivity index (χ4n) is 4.05. The van der Waals surface area contributed by atoms with E-state index in [1.165, 1.54) is 0 Å². The summed E-state index contributed by atoms with van der Waals surface area (Å²) < 4.78 is 5.70. The molecule has 2 aromatic rings. The number of benzene rings is 2. The van der Waals surface area contributed by atoms with Gasteiger partial charge >= 0.3 is 5.97 Å². The molecule has 4 atom stereocenters. The highest BCUT2D eigenvalue weighted by atomic mass is 16.5. The van der Waals surface area contributed by atoms with Gasteiger partial charge in [0.05, 0.1) is 24.5 Å². The predicted molar refractivity (Wildman–Crippen MR) is 133 cm³/mol. The van der Waals surface area contributed by atoms with Gasteiger partial charge in [0, 0.05) is 12.5 Å². The Bertz CT molecular complexity index is 993. The average Bonchev–Trinajstić information content (AvgIpc) is 2.87. The number of ether oxygens (including phenoxy) is 1. The van der Waals surface area contributed by atoms with Gasteiger partial charge in [-0.1, -0.05) is 72.8 Å². The van der Waals surface area contributed by atoms with Gasteiger partial charge in [-0.2, -0.15) is 0 Å². The van der Waals surface area contributed by atoms with Crippen LogP contribution in [-0.4, -0.2) is 42.1 Å². The van der Waals surface area contributed by atoms with Crippen molar-refractivity contribution in [1.29, 1.82) is 0 Å². The van der Waals surface area contributed by atoms with Gasteiger partial charge in [-0.05, 0) is 37.3 Å². The zero-order valence-electron chi connectivity index (χ0n) is 20.1. The number of carbonyl (C=O) groups is 3. The van der Waals surface area contributed by atoms with Crippen LogP contribution in [0.1, 0.15) is 43.4 Å². The molecule has 0 spiro atoms. The lowest BCUT2D eigenvalue weighted by atomic mass is 9.94. The lowest BCUT2D eigenvalue weighted by Gasteiger charge is -2.24. The first-order chi connectivity index (χ1) is 17.0. The van der Waals surface area contributed by atoms with Crippen LogP contribution in [0.25, 0.3) is 0 Å². The lowest BCUT2D eigenvalue weighted by molar-refractivity contribution is -0.150. The number of amides is 2. The number of aliphatic hydroxyl groups is 1. The van der Waals surface area contributed by atoms with Gasteiger partial charge in [0.25, 0.3) is 0 Å². The number of esters is 1. The quantitative estimate of drug-likeness (QED) is 0.419. The summed E-state index contributed by atoms with van der Waals surface area (Å²) in [7, 11) is 0. The molecule has 2 amide bonds. The van der Waals surface area contributed by atoms with Crippen molar-refractivity contribution >= 4 is 17.8 Å². The summed E-state index contributed by atoms with van der Waals surface area (Å²) in [6, 6.07) is 18.2. The minimum atomic E-state index is -0.592. The number of aliphatic hydroxyl groups excluding tert-OH is 1. The summed E-state index contributed by atoms with van der Waals surface area (Å²) >= 11 is 0. The molecule has 3 N–H and O–H groups in total. The third kappa shape index (κ3) is 8.37. The molecule has 3 rings (SSSR count). The molecule has 1 aliphatic rings. The van der Waals surface area contributed by atoms with Crippen LogP contribution in [0.4, 0.5) is 0 Å². The summed E-state index contributed by atoms with van der Waals surface area (Å²) in [4.78, 5) is 38.6. The van der Waals surface area contributed by atoms with Gasteiger partial charge in [0.1, 0.15) is 6.61 Å². The summed E-state index contributed by atoms with van der Waals surface area (Å²) in [5.74, 6) is -1.83. The van der Waals surface area contributed by atoms with Crippen molar-refractivity contribution in [3.63, 3.8) is 0 Å². The largest absolute Gasteiger partial charge is 0.463 e. The highest BCUT2D eigenvalue weighted by Gasteiger charge is 2.27. The first kappa shape index (κ1) is 26.2. The average molecular weight is 479 g/mol. The molecular weight excluding hydrogens is 444 g/mol. The summed E-state index contributed by atoms with van der Waals surface area (Å²) in [5.41, 5.74) is 1.87. The van der Waals surface area contributed by atoms with Gasteiger partial charge in [-0.25, -0.2) is 0 Å². The Kier molecular flexibility index (Phi) is 10.0. The monoisotopic (exact) mass is 478 g/mol. The zero-order chi connectivity index (χ0) is 25.0. The molecule has 2 aromatic carbocycles. The number of rotatable bonds is 7. The number of carbonyl (C=O) groups excluding carboxylic acids is 3. The molecule has 0 bridgehead atoms. The van der Waals surface area contributed by atoms with Crippen LogP contribution in [0.5, 0.6) is 0 Å². The molecular formula is C28H34N2O5. The Hall–Kier alpha value is -3.45. The van der Waals surface area contributed by atoms with Gasteiger partial charge in [0.15, 0.2) is 0 Å². The van der Waals surface area contributed by atoms with E-state index >= 15 is 0 Å². The maximum Gasteiger partial charge on any atom is 0.309 e. The number of nitrogens with one attached hydrogen (secondary N) is 2. The number of allylic oxidation sites excluding steroid dienone is 2. The SMILES string of the molecule is C[C@@H](CO)NC(=O)C[C@H]1CC=CC[C@@H](Cc2ccccc2)C(=O)OC[C@@H](c2ccccc2)NC1=O. The molecule has 0 aromatic heterocycles. The van der Waals surface area contributed by atoms with E-state index in [1.807, 2.05) is 72.8 Å². The molecule has 1 aliphatic heterocycles. The Balaban J connectivity index is 1.81. The van der Waals surface area contributed by atoms with E-state index in [4.69, 9.17) is 4.74 Å². The Morgan fingerprint density at radius 3 is 2.31 bits per heavy atom. The normalized spacial score (nSPS) is 22.2. The third-order valence-corrected chi connectivity index (χ3v) is 6.06. The smallest absolute Gasteiger partial charge is 0.309 e. The molecule has 0 fully saturated rings. The predicted octanol–water partition coefficient (Wildman–Crippen LogP) is 3.10. The van der Waals surface area contributed by atoms with Crippen LogP contribution in [-0.2, 0) is 25.5 Å². The number of hydrogen-bond donors (Lipinski definition) is 3. The van der Waals surface area contributed by atoms with Crippen molar-refractivity contribution < 1.29 is 24.2 Å². The molecule has 0 saturated heterocycles. The van der Waals surface area contributed by atoms with E-state index in [1.54, 1.807) is 6.92 Å². The molecule has 1 heterocycles. The molecule has 7 heteroatoms. The Labute approximate surface area is 206 Å². The first-order valence-electron chi connectivity index (χ1n) is 12.1. The second-order valence-electron chi connectivity index (χ2n) is 8.98. The van der Waals surface area contributed by atoms with E-state index in [0.29, 0.717) is 19.3 Å². The lowest BCUT2D eigenvalue weighted by Crippen LogP contribution is -2.41. The van der Waals surface area contributed by atoms with Gasteiger partial charge in [-0.3, -0.25) is 14.4 Å². The highest BCUT2D eigenvalue weighted by molar-refractivity contribution is 5.86. The fraction of sp³-hybridized carbons (Fsp3) is 0.393. The van der Waals surface area contributed by atoms with Crippen molar-refractivity contribution in [2.45, 2.75) is 44.7 Å². The van der Waals surface area contributed by atoms with E-state index in [0.717, 1.165) is 11.1 Å². The maximum absolute atomic E-state index is 13.2. The van der Waals surface area contributed by atoms with Crippen molar-refractivity contribution in [3.05, 3.63) is 83.9 Å². The standard InChI is InChI=1S/C28H34N2O5/c1-20(18-31)29-26(32)17-23-14-8-9-15-24(16-21-10-4-2-5-11-21)28(34)35-19-25(30-27(23)33)22-12-6-3-7-13-22/h2-13,20,23-25,31H,14-19H2,1H3,(H,29,32)(H,30,33)/t20-,23+,24-,25-/m0/s1. The van der Waals surface area contributed by atoms with E-state index < -0.39 is 12.0 Å². The summed E-state index contributed by atoms with van der Waals surface area (Å²) in [6.45, 7) is 1.53. The van der Waals surface area contributed by atoms with Crippen LogP contribution in [0.3, 0.4) is 0 Å². The summed E-state index contributed by atoms with van der Waals surface area (Å²) in [5, 5.41) is 14.9. The molecule has 0 radical (unpaired) electrons. The van der Waals surface area contributed by atoms with Crippen molar-refractivity contribution in [2.24, 2.45) is 11.8 Å². The van der Waals surface area contributed by atoms with Crippen LogP contribution in [0.2, 0.25) is 0 Å². The zero-order valence-corrected chi connectivity index (χ0v) is 20.1. The number of hydrogen-bond acceptors (Lipinski definition) is 5. The Morgan fingerprint density at radius 1 is 1.03 bits per heavy atom. The number of cyclic esters (lactones) is 1. The van der Waals surface area contributed by atoms with Gasteiger partial charge in [0.2, 0.25) is 11.8 Å². The molecule has 0 saturated carbocycles. The molecule has 7 nitrogen and oxygen atoms in total. The second-order valence-corrected chi connectivity index (χ2v) is 8.98. The second kappa shape index (κ2) is 13.4. The van der Waals surface area contributed by atoms with Crippen LogP contribution in [0, 0.1) is 11.8 Å². The minimum absolute atomic E-state index is 0.00402. The topological polar surface area (TPSA) is 105 Å². The molecule has 186 valence electrons. The Morgan fingerprint density at radius 2 is 1.66 bits per heavy atom. The molecule has 0 unspecified atom stereocenters.